The third-order valence-corrected chi connectivity index (χ3v) is 4.92. The Balaban J connectivity index is 1.72. The molecule has 2 aromatic rings. The number of imidazole rings is 1. The maximum Gasteiger partial charge on any atom is 0.273 e. The van der Waals surface area contributed by atoms with Crippen LogP contribution in [0.5, 0.6) is 0 Å². The van der Waals surface area contributed by atoms with E-state index in [1.165, 1.54) is 11.3 Å². The van der Waals surface area contributed by atoms with Gasteiger partial charge in [0.2, 0.25) is 5.78 Å². The van der Waals surface area contributed by atoms with Gasteiger partial charge in [0.25, 0.3) is 5.91 Å². The number of carbonyl (C=O) groups excluding carboxylic acids is 2. The minimum atomic E-state index is -0.198. The Hall–Kier alpha value is -2.22. The zero-order valence-corrected chi connectivity index (χ0v) is 14.0. The number of aromatic nitrogens is 3. The molecule has 1 atom stereocenters. The summed E-state index contributed by atoms with van der Waals surface area (Å²) in [5.41, 5.74) is 0.435. The Kier molecular flexibility index (Phi) is 4.42. The number of Topliss-reactive ketones (excluding diaryl/α,β-unsaturated/α-hetero) is 1. The monoisotopic (exact) mass is 333 g/mol. The average molecular weight is 333 g/mol. The number of rotatable bonds is 4. The number of amides is 1. The van der Waals surface area contributed by atoms with Crippen LogP contribution in [-0.2, 0) is 7.05 Å². The molecule has 1 aliphatic heterocycles. The number of hydrogen-bond acceptors (Lipinski definition) is 6. The Morgan fingerprint density at radius 1 is 1.43 bits per heavy atom. The van der Waals surface area contributed by atoms with Gasteiger partial charge < -0.3 is 14.8 Å². The topological polar surface area (TPSA) is 80.1 Å². The molecule has 3 rings (SSSR count). The number of carbonyl (C=O) groups is 2. The van der Waals surface area contributed by atoms with Crippen molar-refractivity contribution in [3.8, 4) is 0 Å². The van der Waals surface area contributed by atoms with E-state index in [9.17, 15) is 9.59 Å². The number of likely N-dealkylation sites (tertiary alicyclic amines) is 1. The van der Waals surface area contributed by atoms with Crippen LogP contribution in [0.15, 0.2) is 17.8 Å². The van der Waals surface area contributed by atoms with Crippen LogP contribution in [0, 0.1) is 5.92 Å². The number of ketones is 1. The van der Waals surface area contributed by atoms with E-state index in [0.29, 0.717) is 29.7 Å². The van der Waals surface area contributed by atoms with Crippen molar-refractivity contribution in [1.82, 2.24) is 19.4 Å². The summed E-state index contributed by atoms with van der Waals surface area (Å²) in [6.45, 7) is 1.09. The van der Waals surface area contributed by atoms with E-state index in [4.69, 9.17) is 0 Å². The summed E-state index contributed by atoms with van der Waals surface area (Å²) in [6.07, 6.45) is 4.98. The molecule has 23 heavy (non-hydrogen) atoms. The normalized spacial score (nSPS) is 18.0. The molecule has 8 heteroatoms. The van der Waals surface area contributed by atoms with Gasteiger partial charge >= 0.3 is 0 Å². The van der Waals surface area contributed by atoms with Crippen LogP contribution in [0.2, 0.25) is 0 Å². The molecule has 1 unspecified atom stereocenters. The smallest absolute Gasteiger partial charge is 0.273 e. The first-order chi connectivity index (χ1) is 11.1. The van der Waals surface area contributed by atoms with Crippen molar-refractivity contribution < 1.29 is 9.59 Å². The Bertz CT molecular complexity index is 723. The van der Waals surface area contributed by atoms with Crippen molar-refractivity contribution in [3.63, 3.8) is 0 Å². The van der Waals surface area contributed by atoms with Crippen molar-refractivity contribution in [2.24, 2.45) is 13.0 Å². The van der Waals surface area contributed by atoms with E-state index >= 15 is 0 Å². The van der Waals surface area contributed by atoms with Crippen LogP contribution in [0.4, 0.5) is 5.13 Å². The zero-order chi connectivity index (χ0) is 16.4. The molecule has 1 amide bonds. The van der Waals surface area contributed by atoms with Gasteiger partial charge in [-0.2, -0.15) is 0 Å². The number of nitrogens with one attached hydrogen (secondary N) is 1. The summed E-state index contributed by atoms with van der Waals surface area (Å²) in [5.74, 6) is 0.149. The van der Waals surface area contributed by atoms with Crippen LogP contribution < -0.4 is 5.32 Å². The van der Waals surface area contributed by atoms with Crippen molar-refractivity contribution >= 4 is 28.2 Å². The Labute approximate surface area is 138 Å². The fourth-order valence-electron chi connectivity index (χ4n) is 2.81. The summed E-state index contributed by atoms with van der Waals surface area (Å²) in [4.78, 5) is 35.3. The van der Waals surface area contributed by atoms with E-state index in [0.717, 1.165) is 12.8 Å². The lowest BCUT2D eigenvalue weighted by atomic mass is 9.93. The third-order valence-electron chi connectivity index (χ3n) is 4.06. The van der Waals surface area contributed by atoms with E-state index in [1.54, 1.807) is 41.3 Å². The molecule has 3 heterocycles. The Morgan fingerprint density at radius 3 is 2.91 bits per heavy atom. The van der Waals surface area contributed by atoms with Gasteiger partial charge in [-0.1, -0.05) is 0 Å². The number of piperidine rings is 1. The third kappa shape index (κ3) is 3.12. The van der Waals surface area contributed by atoms with Gasteiger partial charge in [0.1, 0.15) is 5.69 Å². The molecule has 1 fully saturated rings. The minimum Gasteiger partial charge on any atom is -0.365 e. The zero-order valence-electron chi connectivity index (χ0n) is 13.2. The van der Waals surface area contributed by atoms with Crippen LogP contribution in [0.25, 0.3) is 0 Å². The summed E-state index contributed by atoms with van der Waals surface area (Å²) >= 11 is 1.40. The Morgan fingerprint density at radius 2 is 2.26 bits per heavy atom. The van der Waals surface area contributed by atoms with Crippen LogP contribution in [0.3, 0.4) is 0 Å². The lowest BCUT2D eigenvalue weighted by molar-refractivity contribution is 0.0628. The number of thiazole rings is 1. The highest BCUT2D eigenvalue weighted by Gasteiger charge is 2.31. The van der Waals surface area contributed by atoms with Gasteiger partial charge in [0, 0.05) is 50.9 Å². The maximum atomic E-state index is 12.6. The molecule has 2 aromatic heterocycles. The first-order valence-electron chi connectivity index (χ1n) is 7.54. The molecular weight excluding hydrogens is 314 g/mol. The van der Waals surface area contributed by atoms with Gasteiger partial charge in [-0.25, -0.2) is 9.97 Å². The standard InChI is InChI=1S/C15H19N5O2S/c1-16-15-18-11(9-23-15)14(22)20-6-3-4-10(8-20)12(21)13-17-5-7-19(13)2/h5,7,9-10H,3-4,6,8H2,1-2H3,(H,16,18). The molecule has 0 aliphatic carbocycles. The largest absolute Gasteiger partial charge is 0.365 e. The molecule has 0 saturated carbocycles. The predicted molar refractivity (Wildman–Crippen MR) is 87.8 cm³/mol. The average Bonchev–Trinajstić information content (AvgIpc) is 3.22. The first kappa shape index (κ1) is 15.7. The number of nitrogens with zero attached hydrogens (tertiary/aromatic N) is 4. The van der Waals surface area contributed by atoms with Crippen molar-refractivity contribution in [2.75, 3.05) is 25.5 Å². The number of hydrogen-bond donors (Lipinski definition) is 1. The minimum absolute atomic E-state index is 0.00388. The highest BCUT2D eigenvalue weighted by atomic mass is 32.1. The summed E-state index contributed by atoms with van der Waals surface area (Å²) in [5, 5.41) is 5.39. The van der Waals surface area contributed by atoms with Gasteiger partial charge in [0.15, 0.2) is 11.0 Å². The molecule has 0 bridgehead atoms. The van der Waals surface area contributed by atoms with Gasteiger partial charge in [-0.15, -0.1) is 11.3 Å². The lowest BCUT2D eigenvalue weighted by Crippen LogP contribution is -2.42. The molecule has 1 saturated heterocycles. The number of anilines is 1. The predicted octanol–water partition coefficient (Wildman–Crippen LogP) is 1.65. The molecule has 122 valence electrons. The molecular formula is C15H19N5O2S. The second-order valence-corrected chi connectivity index (χ2v) is 6.46. The first-order valence-corrected chi connectivity index (χ1v) is 8.42. The number of aryl methyl sites for hydroxylation is 1. The molecule has 0 radical (unpaired) electrons. The summed E-state index contributed by atoms with van der Waals surface area (Å²) in [6, 6.07) is 0. The van der Waals surface area contributed by atoms with Crippen molar-refractivity contribution in [1.29, 1.82) is 0 Å². The van der Waals surface area contributed by atoms with Gasteiger partial charge in [-0.05, 0) is 12.8 Å². The molecule has 1 aliphatic rings. The van der Waals surface area contributed by atoms with Gasteiger partial charge in [0.05, 0.1) is 0 Å². The van der Waals surface area contributed by atoms with E-state index in [1.807, 2.05) is 0 Å². The van der Waals surface area contributed by atoms with Crippen LogP contribution in [0.1, 0.15) is 33.9 Å². The molecule has 1 N–H and O–H groups in total. The summed E-state index contributed by atoms with van der Waals surface area (Å²) < 4.78 is 1.72. The summed E-state index contributed by atoms with van der Waals surface area (Å²) in [7, 11) is 3.58. The second-order valence-electron chi connectivity index (χ2n) is 5.60. The van der Waals surface area contributed by atoms with Gasteiger partial charge in [-0.3, -0.25) is 9.59 Å². The fourth-order valence-corrected chi connectivity index (χ4v) is 3.46. The quantitative estimate of drug-likeness (QED) is 0.861. The van der Waals surface area contributed by atoms with E-state index < -0.39 is 0 Å². The van der Waals surface area contributed by atoms with E-state index in [2.05, 4.69) is 15.3 Å². The van der Waals surface area contributed by atoms with Crippen LogP contribution in [-0.4, -0.2) is 51.3 Å². The highest BCUT2D eigenvalue weighted by molar-refractivity contribution is 7.13. The second kappa shape index (κ2) is 6.49. The molecule has 7 nitrogen and oxygen atoms in total. The molecule has 0 aromatic carbocycles. The lowest BCUT2D eigenvalue weighted by Gasteiger charge is -2.31. The maximum absolute atomic E-state index is 12.6. The van der Waals surface area contributed by atoms with E-state index in [-0.39, 0.29) is 17.6 Å². The van der Waals surface area contributed by atoms with Crippen molar-refractivity contribution in [2.45, 2.75) is 12.8 Å². The fraction of sp³-hybridized carbons (Fsp3) is 0.467. The highest BCUT2D eigenvalue weighted by Crippen LogP contribution is 2.23. The van der Waals surface area contributed by atoms with Crippen LogP contribution >= 0.6 is 11.3 Å². The molecule has 0 spiro atoms. The SMILES string of the molecule is CNc1nc(C(=O)N2CCCC(C(=O)c3nccn3C)C2)cs1. The van der Waals surface area contributed by atoms with Crippen molar-refractivity contribution in [3.05, 3.63) is 29.3 Å².